The highest BCUT2D eigenvalue weighted by Gasteiger charge is 2.27. The summed E-state index contributed by atoms with van der Waals surface area (Å²) in [4.78, 5) is 11.0. The fourth-order valence-corrected chi connectivity index (χ4v) is 5.42. The van der Waals surface area contributed by atoms with Crippen molar-refractivity contribution in [2.75, 3.05) is 33.2 Å². The van der Waals surface area contributed by atoms with Crippen LogP contribution in [-0.4, -0.2) is 66.0 Å². The molecule has 4 rings (SSSR count). The Hall–Kier alpha value is -1.79. The van der Waals surface area contributed by atoms with E-state index in [0.29, 0.717) is 35.6 Å². The van der Waals surface area contributed by atoms with Gasteiger partial charge in [0.2, 0.25) is 10.0 Å². The number of rotatable bonds is 6. The van der Waals surface area contributed by atoms with E-state index < -0.39 is 10.0 Å². The van der Waals surface area contributed by atoms with Gasteiger partial charge < -0.3 is 9.42 Å². The van der Waals surface area contributed by atoms with Crippen molar-refractivity contribution in [3.63, 3.8) is 0 Å². The maximum absolute atomic E-state index is 12.7. The lowest BCUT2D eigenvalue weighted by atomic mass is 10.3. The smallest absolute Gasteiger partial charge is 0.258 e. The summed E-state index contributed by atoms with van der Waals surface area (Å²) in [5.74, 6) is 1.56. The molecule has 1 saturated heterocycles. The average molecular weight is 438 g/mol. The largest absolute Gasteiger partial charge is 0.334 e. The summed E-state index contributed by atoms with van der Waals surface area (Å²) in [7, 11) is -1.50. The molecule has 0 bridgehead atoms. The maximum atomic E-state index is 12.7. The quantitative estimate of drug-likeness (QED) is 0.543. The van der Waals surface area contributed by atoms with E-state index in [1.807, 2.05) is 23.9 Å². The summed E-state index contributed by atoms with van der Waals surface area (Å²) in [6.45, 7) is 2.47. The predicted octanol–water partition coefficient (Wildman–Crippen LogP) is 2.42. The van der Waals surface area contributed by atoms with Gasteiger partial charge in [-0.1, -0.05) is 16.9 Å². The first kappa shape index (κ1) is 19.5. The zero-order valence-corrected chi connectivity index (χ0v) is 17.6. The highest BCUT2D eigenvalue weighted by molar-refractivity contribution is 7.98. The highest BCUT2D eigenvalue weighted by Crippen LogP contribution is 2.25. The van der Waals surface area contributed by atoms with Crippen LogP contribution in [0.3, 0.4) is 0 Å². The average Bonchev–Trinajstić information content (AvgIpc) is 3.39. The highest BCUT2D eigenvalue weighted by atomic mass is 32.2. The van der Waals surface area contributed by atoms with Gasteiger partial charge in [-0.2, -0.15) is 20.6 Å². The van der Waals surface area contributed by atoms with E-state index in [1.54, 1.807) is 23.5 Å². The lowest BCUT2D eigenvalue weighted by Gasteiger charge is -2.31. The second-order valence-corrected chi connectivity index (χ2v) is 10.1. The molecule has 0 unspecified atom stereocenters. The van der Waals surface area contributed by atoms with Gasteiger partial charge in [0.05, 0.1) is 16.3 Å². The first-order chi connectivity index (χ1) is 13.5. The van der Waals surface area contributed by atoms with Gasteiger partial charge in [0, 0.05) is 37.8 Å². The Morgan fingerprint density at radius 1 is 1.21 bits per heavy atom. The molecule has 3 aromatic rings. The fourth-order valence-electron chi connectivity index (χ4n) is 2.74. The molecule has 0 spiro atoms. The molecule has 4 heterocycles. The Bertz CT molecular complexity index is 1010. The number of pyridine rings is 1. The van der Waals surface area contributed by atoms with Gasteiger partial charge in [-0.15, -0.1) is 0 Å². The lowest BCUT2D eigenvalue weighted by Crippen LogP contribution is -2.47. The molecule has 3 aromatic heterocycles. The van der Waals surface area contributed by atoms with Crippen molar-refractivity contribution < 1.29 is 12.9 Å². The number of hydrogen-bond donors (Lipinski definition) is 0. The summed E-state index contributed by atoms with van der Waals surface area (Å²) >= 11 is 3.00. The van der Waals surface area contributed by atoms with Crippen LogP contribution in [0.4, 0.5) is 0 Å². The zero-order valence-electron chi connectivity index (χ0n) is 15.2. The summed E-state index contributed by atoms with van der Waals surface area (Å²) in [5.41, 5.74) is 0.908. The van der Waals surface area contributed by atoms with Crippen molar-refractivity contribution in [3.8, 4) is 11.5 Å². The van der Waals surface area contributed by atoms with Crippen LogP contribution < -0.4 is 0 Å². The number of sulfonamides is 1. The van der Waals surface area contributed by atoms with Gasteiger partial charge in [-0.05, 0) is 30.6 Å². The van der Waals surface area contributed by atoms with Gasteiger partial charge in [-0.25, -0.2) is 13.4 Å². The summed E-state index contributed by atoms with van der Waals surface area (Å²) in [6.07, 6.45) is 1.42. The molecule has 11 heteroatoms. The molecule has 0 amide bonds. The van der Waals surface area contributed by atoms with Crippen LogP contribution in [0.1, 0.15) is 5.82 Å². The zero-order chi connectivity index (χ0) is 19.6. The van der Waals surface area contributed by atoms with E-state index >= 15 is 0 Å². The lowest BCUT2D eigenvalue weighted by molar-refractivity contribution is 0.222. The fraction of sp³-hybridized carbons (Fsp3) is 0.353. The normalized spacial score (nSPS) is 16.5. The van der Waals surface area contributed by atoms with Crippen molar-refractivity contribution in [2.24, 2.45) is 0 Å². The molecule has 8 nitrogen and oxygen atoms in total. The Morgan fingerprint density at radius 2 is 2.04 bits per heavy atom. The number of piperazine rings is 1. The van der Waals surface area contributed by atoms with Crippen molar-refractivity contribution in [1.29, 1.82) is 0 Å². The summed E-state index contributed by atoms with van der Waals surface area (Å²) < 4.78 is 32.2. The molecule has 0 atom stereocenters. The Morgan fingerprint density at radius 3 is 2.71 bits per heavy atom. The van der Waals surface area contributed by atoms with Crippen LogP contribution in [0.5, 0.6) is 0 Å². The molecule has 0 radical (unpaired) electrons. The van der Waals surface area contributed by atoms with Gasteiger partial charge in [0.15, 0.2) is 5.82 Å². The third kappa shape index (κ3) is 4.28. The molecule has 1 aliphatic heterocycles. The van der Waals surface area contributed by atoms with Crippen molar-refractivity contribution in [3.05, 3.63) is 41.0 Å². The van der Waals surface area contributed by atoms with Crippen molar-refractivity contribution in [1.82, 2.24) is 24.3 Å². The molecule has 1 fully saturated rings. The molecule has 148 valence electrons. The third-order valence-electron chi connectivity index (χ3n) is 4.39. The van der Waals surface area contributed by atoms with Crippen LogP contribution in [0.15, 0.2) is 49.6 Å². The Kier molecular flexibility index (Phi) is 5.78. The Balaban J connectivity index is 1.38. The van der Waals surface area contributed by atoms with E-state index in [-0.39, 0.29) is 4.90 Å². The first-order valence-electron chi connectivity index (χ1n) is 8.65. The monoisotopic (exact) mass is 437 g/mol. The number of hydrogen-bond acceptors (Lipinski definition) is 9. The van der Waals surface area contributed by atoms with Gasteiger partial charge in [0.25, 0.3) is 5.89 Å². The van der Waals surface area contributed by atoms with Crippen LogP contribution in [-0.2, 0) is 15.8 Å². The molecule has 1 aliphatic rings. The molecule has 0 aromatic carbocycles. The molecular formula is C17H19N5O3S3. The molecule has 0 aliphatic carbocycles. The van der Waals surface area contributed by atoms with E-state index in [2.05, 4.69) is 20.0 Å². The first-order valence-corrected chi connectivity index (χ1v) is 12.0. The maximum Gasteiger partial charge on any atom is 0.258 e. The molecule has 0 N–H and O–H groups in total. The van der Waals surface area contributed by atoms with Gasteiger partial charge in [0.1, 0.15) is 4.90 Å². The number of aromatic nitrogens is 3. The van der Waals surface area contributed by atoms with Crippen LogP contribution in [0.2, 0.25) is 0 Å². The standard InChI is InChI=1S/C17H19N5O3S3/c1-21-5-7-22(8-6-21)28(23,24)14-2-3-16(18-10-14)27-12-15-19-17(25-20-15)13-4-9-26-11-13/h2-4,9-11H,5-8,12H2,1H3. The molecule has 0 saturated carbocycles. The minimum atomic E-state index is -3.49. The van der Waals surface area contributed by atoms with Gasteiger partial charge in [-0.3, -0.25) is 0 Å². The van der Waals surface area contributed by atoms with Crippen molar-refractivity contribution >= 4 is 33.1 Å². The van der Waals surface area contributed by atoms with E-state index in [1.165, 1.54) is 22.3 Å². The van der Waals surface area contributed by atoms with E-state index in [4.69, 9.17) is 4.52 Å². The number of thiophene rings is 1. The molecule has 28 heavy (non-hydrogen) atoms. The topological polar surface area (TPSA) is 92.4 Å². The molecular weight excluding hydrogens is 418 g/mol. The third-order valence-corrected chi connectivity index (χ3v) is 7.90. The number of likely N-dealkylation sites (N-methyl/N-ethyl adjacent to an activating group) is 1. The van der Waals surface area contributed by atoms with Crippen LogP contribution in [0, 0.1) is 0 Å². The van der Waals surface area contributed by atoms with Gasteiger partial charge >= 0.3 is 0 Å². The Labute approximate surface area is 171 Å². The number of nitrogens with zero attached hydrogens (tertiary/aromatic N) is 5. The SMILES string of the molecule is CN1CCN(S(=O)(=O)c2ccc(SCc3noc(-c4ccsc4)n3)nc2)CC1. The summed E-state index contributed by atoms with van der Waals surface area (Å²) in [6, 6.07) is 5.25. The van der Waals surface area contributed by atoms with Crippen LogP contribution in [0.25, 0.3) is 11.5 Å². The van der Waals surface area contributed by atoms with E-state index in [9.17, 15) is 8.42 Å². The van der Waals surface area contributed by atoms with Crippen molar-refractivity contribution in [2.45, 2.75) is 15.7 Å². The number of thioether (sulfide) groups is 1. The van der Waals surface area contributed by atoms with Crippen LogP contribution >= 0.6 is 23.1 Å². The second kappa shape index (κ2) is 8.29. The summed E-state index contributed by atoms with van der Waals surface area (Å²) in [5, 5.41) is 8.59. The predicted molar refractivity (Wildman–Crippen MR) is 108 cm³/mol. The minimum absolute atomic E-state index is 0.223. The van der Waals surface area contributed by atoms with E-state index in [0.717, 1.165) is 18.7 Å². The second-order valence-electron chi connectivity index (χ2n) is 6.36. The minimum Gasteiger partial charge on any atom is -0.334 e.